The van der Waals surface area contributed by atoms with Gasteiger partial charge in [0.1, 0.15) is 5.03 Å². The minimum atomic E-state index is -4.38. The number of aliphatic hydroxyl groups excluding tert-OH is 1. The van der Waals surface area contributed by atoms with E-state index < -0.39 is 17.8 Å². The van der Waals surface area contributed by atoms with Gasteiger partial charge in [-0.25, -0.2) is 4.98 Å². The van der Waals surface area contributed by atoms with Gasteiger partial charge in [-0.2, -0.15) is 13.2 Å². The number of pyridine rings is 1. The average molecular weight is 378 g/mol. The lowest BCUT2D eigenvalue weighted by Crippen LogP contribution is -2.04. The van der Waals surface area contributed by atoms with E-state index in [2.05, 4.69) is 20.9 Å². The standard InChI is InChI=1S/C14H11BrF3NOS/c1-8(20)11-4-3-10(6-12(11)15)21-13-5-2-9(7-19-13)14(16,17)18/h2-8,20H,1H3. The van der Waals surface area contributed by atoms with E-state index >= 15 is 0 Å². The number of halogens is 4. The van der Waals surface area contributed by atoms with Crippen LogP contribution in [-0.4, -0.2) is 10.1 Å². The van der Waals surface area contributed by atoms with Gasteiger partial charge in [-0.1, -0.05) is 33.8 Å². The molecule has 1 atom stereocenters. The SMILES string of the molecule is CC(O)c1ccc(Sc2ccc(C(F)(F)F)cn2)cc1Br. The maximum Gasteiger partial charge on any atom is 0.417 e. The van der Waals surface area contributed by atoms with Gasteiger partial charge >= 0.3 is 6.18 Å². The summed E-state index contributed by atoms with van der Waals surface area (Å²) in [5.41, 5.74) is -0.0165. The monoisotopic (exact) mass is 377 g/mol. The molecule has 0 fully saturated rings. The molecule has 0 spiro atoms. The Kier molecular flexibility index (Phi) is 4.95. The van der Waals surface area contributed by atoms with E-state index in [0.717, 1.165) is 27.2 Å². The number of alkyl halides is 3. The van der Waals surface area contributed by atoms with Crippen LogP contribution in [0.25, 0.3) is 0 Å². The molecule has 0 saturated heterocycles. The van der Waals surface area contributed by atoms with Crippen LogP contribution < -0.4 is 0 Å². The molecule has 0 aliphatic heterocycles. The van der Waals surface area contributed by atoms with E-state index in [1.165, 1.54) is 17.8 Å². The third-order valence-electron chi connectivity index (χ3n) is 2.71. The molecule has 0 radical (unpaired) electrons. The quantitative estimate of drug-likeness (QED) is 0.810. The third-order valence-corrected chi connectivity index (χ3v) is 4.34. The topological polar surface area (TPSA) is 33.1 Å². The maximum atomic E-state index is 12.4. The molecule has 0 aliphatic carbocycles. The highest BCUT2D eigenvalue weighted by molar-refractivity contribution is 9.10. The Morgan fingerprint density at radius 2 is 1.95 bits per heavy atom. The van der Waals surface area contributed by atoms with Crippen molar-refractivity contribution in [1.29, 1.82) is 0 Å². The molecule has 1 aromatic heterocycles. The van der Waals surface area contributed by atoms with Gasteiger partial charge < -0.3 is 5.11 Å². The molecule has 1 aromatic carbocycles. The highest BCUT2D eigenvalue weighted by Crippen LogP contribution is 2.34. The highest BCUT2D eigenvalue weighted by Gasteiger charge is 2.30. The summed E-state index contributed by atoms with van der Waals surface area (Å²) in [5, 5.41) is 10.0. The van der Waals surface area contributed by atoms with Gasteiger partial charge in [0.15, 0.2) is 0 Å². The second-order valence-corrected chi connectivity index (χ2v) is 6.29. The van der Waals surface area contributed by atoms with Crippen molar-refractivity contribution in [3.05, 3.63) is 52.1 Å². The molecule has 112 valence electrons. The summed E-state index contributed by atoms with van der Waals surface area (Å²) in [4.78, 5) is 4.62. The Bertz CT molecular complexity index is 629. The van der Waals surface area contributed by atoms with Crippen molar-refractivity contribution in [2.24, 2.45) is 0 Å². The summed E-state index contributed by atoms with van der Waals surface area (Å²) in [6.07, 6.45) is -4.15. The predicted octanol–water partition coefficient (Wildman–Crippen LogP) is 5.07. The van der Waals surface area contributed by atoms with Crippen molar-refractivity contribution in [3.8, 4) is 0 Å². The normalized spacial score (nSPS) is 13.2. The van der Waals surface area contributed by atoms with Gasteiger partial charge in [0.05, 0.1) is 11.7 Å². The number of benzene rings is 1. The molecule has 0 bridgehead atoms. The van der Waals surface area contributed by atoms with Crippen molar-refractivity contribution < 1.29 is 18.3 Å². The smallest absolute Gasteiger partial charge is 0.389 e. The number of aliphatic hydroxyl groups is 1. The molecule has 1 N–H and O–H groups in total. The molecule has 1 heterocycles. The van der Waals surface area contributed by atoms with Crippen LogP contribution in [0.4, 0.5) is 13.2 Å². The minimum Gasteiger partial charge on any atom is -0.389 e. The zero-order valence-corrected chi connectivity index (χ0v) is 13.3. The molecule has 2 nitrogen and oxygen atoms in total. The lowest BCUT2D eigenvalue weighted by Gasteiger charge is -2.10. The highest BCUT2D eigenvalue weighted by atomic mass is 79.9. The van der Waals surface area contributed by atoms with Crippen molar-refractivity contribution in [3.63, 3.8) is 0 Å². The minimum absolute atomic E-state index is 0.472. The second-order valence-electron chi connectivity index (χ2n) is 4.34. The lowest BCUT2D eigenvalue weighted by atomic mass is 10.1. The van der Waals surface area contributed by atoms with E-state index in [0.29, 0.717) is 5.03 Å². The van der Waals surface area contributed by atoms with Crippen molar-refractivity contribution >= 4 is 27.7 Å². The van der Waals surface area contributed by atoms with E-state index in [4.69, 9.17) is 0 Å². The molecule has 21 heavy (non-hydrogen) atoms. The number of hydrogen-bond acceptors (Lipinski definition) is 3. The number of rotatable bonds is 3. The van der Waals surface area contributed by atoms with Crippen LogP contribution >= 0.6 is 27.7 Å². The molecule has 2 rings (SSSR count). The molecular formula is C14H11BrF3NOS. The Balaban J connectivity index is 2.17. The van der Waals surface area contributed by atoms with Gasteiger partial charge in [-0.05, 0) is 36.8 Å². The fourth-order valence-electron chi connectivity index (χ4n) is 1.64. The first-order valence-corrected chi connectivity index (χ1v) is 7.57. The third kappa shape index (κ3) is 4.21. The van der Waals surface area contributed by atoms with Crippen molar-refractivity contribution in [2.75, 3.05) is 0 Å². The zero-order chi connectivity index (χ0) is 15.6. The van der Waals surface area contributed by atoms with Gasteiger partial charge in [0.2, 0.25) is 0 Å². The van der Waals surface area contributed by atoms with Crippen LogP contribution in [0.1, 0.15) is 24.2 Å². The van der Waals surface area contributed by atoms with Gasteiger partial charge in [0, 0.05) is 15.6 Å². The van der Waals surface area contributed by atoms with E-state index in [1.54, 1.807) is 25.1 Å². The van der Waals surface area contributed by atoms with Crippen LogP contribution in [0.15, 0.2) is 50.9 Å². The number of hydrogen-bond donors (Lipinski definition) is 1. The van der Waals surface area contributed by atoms with Gasteiger partial charge in [-0.15, -0.1) is 0 Å². The van der Waals surface area contributed by atoms with Crippen LogP contribution in [-0.2, 0) is 6.18 Å². The maximum absolute atomic E-state index is 12.4. The molecular weight excluding hydrogens is 367 g/mol. The summed E-state index contributed by atoms with van der Waals surface area (Å²) < 4.78 is 38.1. The second kappa shape index (κ2) is 6.37. The molecule has 0 aliphatic rings. The summed E-state index contributed by atoms with van der Waals surface area (Å²) >= 11 is 4.61. The molecule has 0 saturated carbocycles. The fraction of sp³-hybridized carbons (Fsp3) is 0.214. The predicted molar refractivity (Wildman–Crippen MR) is 78.1 cm³/mol. The van der Waals surface area contributed by atoms with E-state index in [1.807, 2.05) is 0 Å². The first-order valence-electron chi connectivity index (χ1n) is 5.96. The van der Waals surface area contributed by atoms with Crippen molar-refractivity contribution in [1.82, 2.24) is 4.98 Å². The molecule has 0 amide bonds. The Hall–Kier alpha value is -1.05. The van der Waals surface area contributed by atoms with Crippen LogP contribution in [0.3, 0.4) is 0 Å². The summed E-state index contributed by atoms with van der Waals surface area (Å²) in [6, 6.07) is 7.70. The number of aromatic nitrogens is 1. The van der Waals surface area contributed by atoms with Gasteiger partial charge in [-0.3, -0.25) is 0 Å². The Labute approximate surface area is 132 Å². The van der Waals surface area contributed by atoms with Crippen molar-refractivity contribution in [2.45, 2.75) is 29.1 Å². The van der Waals surface area contributed by atoms with Gasteiger partial charge in [0.25, 0.3) is 0 Å². The van der Waals surface area contributed by atoms with Crippen LogP contribution in [0, 0.1) is 0 Å². The molecule has 1 unspecified atom stereocenters. The first-order chi connectivity index (χ1) is 9.77. The summed E-state index contributed by atoms with van der Waals surface area (Å²) in [7, 11) is 0. The molecule has 7 heteroatoms. The van der Waals surface area contributed by atoms with E-state index in [-0.39, 0.29) is 0 Å². The van der Waals surface area contributed by atoms with Crippen LogP contribution in [0.5, 0.6) is 0 Å². The first kappa shape index (κ1) is 16.3. The van der Waals surface area contributed by atoms with Crippen LogP contribution in [0.2, 0.25) is 0 Å². The summed E-state index contributed by atoms with van der Waals surface area (Å²) in [6.45, 7) is 1.66. The average Bonchev–Trinajstić information content (AvgIpc) is 2.38. The number of nitrogens with zero attached hydrogens (tertiary/aromatic N) is 1. The summed E-state index contributed by atoms with van der Waals surface area (Å²) in [5.74, 6) is 0. The largest absolute Gasteiger partial charge is 0.417 e. The molecule has 2 aromatic rings. The fourth-order valence-corrected chi connectivity index (χ4v) is 3.30. The van der Waals surface area contributed by atoms with E-state index in [9.17, 15) is 18.3 Å². The Morgan fingerprint density at radius 3 is 2.43 bits per heavy atom. The Morgan fingerprint density at radius 1 is 1.24 bits per heavy atom. The zero-order valence-electron chi connectivity index (χ0n) is 10.9. The lowest BCUT2D eigenvalue weighted by molar-refractivity contribution is -0.137.